The number of hydrogen-bond donors (Lipinski definition) is 1. The lowest BCUT2D eigenvalue weighted by atomic mass is 10.1. The molecule has 1 aromatic heterocycles. The fourth-order valence-corrected chi connectivity index (χ4v) is 1.96. The van der Waals surface area contributed by atoms with E-state index < -0.39 is 0 Å². The molecule has 2 aromatic rings. The topological polar surface area (TPSA) is 64.1 Å². The molecule has 0 aliphatic rings. The number of aromatic nitrogens is 2. The summed E-state index contributed by atoms with van der Waals surface area (Å²) in [6.07, 6.45) is 4.55. The van der Waals surface area contributed by atoms with Gasteiger partial charge in [-0.1, -0.05) is 18.2 Å². The first-order valence-corrected chi connectivity index (χ1v) is 6.90. The van der Waals surface area contributed by atoms with E-state index in [1.54, 1.807) is 0 Å². The van der Waals surface area contributed by atoms with E-state index in [4.69, 9.17) is 4.74 Å². The van der Waals surface area contributed by atoms with E-state index in [-0.39, 0.29) is 18.1 Å². The SMILES string of the molecule is CC(C)Oc1ccccc1[C@@H](C)NC(=O)c1cnccn1. The van der Waals surface area contributed by atoms with Gasteiger partial charge in [-0.2, -0.15) is 0 Å². The summed E-state index contributed by atoms with van der Waals surface area (Å²) < 4.78 is 5.77. The Kier molecular flexibility index (Phi) is 4.87. The highest BCUT2D eigenvalue weighted by Crippen LogP contribution is 2.25. The Balaban J connectivity index is 2.13. The first kappa shape index (κ1) is 15.0. The van der Waals surface area contributed by atoms with Crippen molar-refractivity contribution < 1.29 is 9.53 Å². The number of para-hydroxylation sites is 1. The van der Waals surface area contributed by atoms with Crippen molar-refractivity contribution in [1.29, 1.82) is 0 Å². The second kappa shape index (κ2) is 6.83. The van der Waals surface area contributed by atoms with Crippen LogP contribution in [0.2, 0.25) is 0 Å². The van der Waals surface area contributed by atoms with Crippen LogP contribution >= 0.6 is 0 Å². The number of rotatable bonds is 5. The third-order valence-electron chi connectivity index (χ3n) is 2.89. The molecule has 0 spiro atoms. The van der Waals surface area contributed by atoms with Crippen molar-refractivity contribution >= 4 is 5.91 Å². The van der Waals surface area contributed by atoms with E-state index in [1.807, 2.05) is 45.0 Å². The molecule has 21 heavy (non-hydrogen) atoms. The number of ether oxygens (including phenoxy) is 1. The summed E-state index contributed by atoms with van der Waals surface area (Å²) in [5.74, 6) is 0.523. The summed E-state index contributed by atoms with van der Waals surface area (Å²) in [4.78, 5) is 20.0. The van der Waals surface area contributed by atoms with Crippen LogP contribution in [0.4, 0.5) is 0 Å². The highest BCUT2D eigenvalue weighted by atomic mass is 16.5. The maximum Gasteiger partial charge on any atom is 0.271 e. The van der Waals surface area contributed by atoms with Crippen molar-refractivity contribution in [3.63, 3.8) is 0 Å². The number of carbonyl (C=O) groups is 1. The molecule has 0 saturated heterocycles. The van der Waals surface area contributed by atoms with E-state index in [2.05, 4.69) is 15.3 Å². The van der Waals surface area contributed by atoms with Crippen LogP contribution in [0.3, 0.4) is 0 Å². The van der Waals surface area contributed by atoms with E-state index >= 15 is 0 Å². The molecule has 1 heterocycles. The standard InChI is InChI=1S/C16H19N3O2/c1-11(2)21-15-7-5-4-6-13(15)12(3)19-16(20)14-10-17-8-9-18-14/h4-12H,1-3H3,(H,19,20)/t12-/m1/s1. The van der Waals surface area contributed by atoms with Gasteiger partial charge in [0.2, 0.25) is 0 Å². The molecule has 1 amide bonds. The van der Waals surface area contributed by atoms with Gasteiger partial charge in [-0.15, -0.1) is 0 Å². The van der Waals surface area contributed by atoms with Gasteiger partial charge in [-0.25, -0.2) is 4.98 Å². The van der Waals surface area contributed by atoms with Gasteiger partial charge in [0.25, 0.3) is 5.91 Å². The van der Waals surface area contributed by atoms with Gasteiger partial charge in [-0.3, -0.25) is 9.78 Å². The number of nitrogens with one attached hydrogen (secondary N) is 1. The summed E-state index contributed by atoms with van der Waals surface area (Å²) in [6, 6.07) is 7.50. The van der Waals surface area contributed by atoms with Crippen molar-refractivity contribution in [3.8, 4) is 5.75 Å². The molecular formula is C16H19N3O2. The highest BCUT2D eigenvalue weighted by molar-refractivity contribution is 5.92. The van der Waals surface area contributed by atoms with Crippen molar-refractivity contribution in [2.45, 2.75) is 32.9 Å². The molecule has 5 nitrogen and oxygen atoms in total. The lowest BCUT2D eigenvalue weighted by Gasteiger charge is -2.19. The average Bonchev–Trinajstić information content (AvgIpc) is 2.48. The highest BCUT2D eigenvalue weighted by Gasteiger charge is 2.16. The molecular weight excluding hydrogens is 266 g/mol. The molecule has 0 bridgehead atoms. The summed E-state index contributed by atoms with van der Waals surface area (Å²) >= 11 is 0. The Morgan fingerprint density at radius 2 is 1.95 bits per heavy atom. The zero-order valence-electron chi connectivity index (χ0n) is 12.4. The molecule has 1 N–H and O–H groups in total. The fourth-order valence-electron chi connectivity index (χ4n) is 1.96. The zero-order valence-corrected chi connectivity index (χ0v) is 12.4. The van der Waals surface area contributed by atoms with E-state index in [0.29, 0.717) is 5.69 Å². The Bertz CT molecular complexity index is 599. The van der Waals surface area contributed by atoms with Crippen LogP contribution in [0.15, 0.2) is 42.9 Å². The van der Waals surface area contributed by atoms with Gasteiger partial charge >= 0.3 is 0 Å². The molecule has 1 aromatic carbocycles. The maximum atomic E-state index is 12.1. The van der Waals surface area contributed by atoms with E-state index in [1.165, 1.54) is 18.6 Å². The second-order valence-electron chi connectivity index (χ2n) is 4.99. The summed E-state index contributed by atoms with van der Waals surface area (Å²) in [6.45, 7) is 5.86. The van der Waals surface area contributed by atoms with Gasteiger partial charge < -0.3 is 10.1 Å². The first-order valence-electron chi connectivity index (χ1n) is 6.90. The molecule has 0 radical (unpaired) electrons. The van der Waals surface area contributed by atoms with Gasteiger partial charge in [0.15, 0.2) is 0 Å². The molecule has 0 saturated carbocycles. The van der Waals surface area contributed by atoms with E-state index in [9.17, 15) is 4.79 Å². The average molecular weight is 285 g/mol. The Hall–Kier alpha value is -2.43. The zero-order chi connectivity index (χ0) is 15.2. The molecule has 1 atom stereocenters. The fraction of sp³-hybridized carbons (Fsp3) is 0.312. The number of nitrogens with zero attached hydrogens (tertiary/aromatic N) is 2. The van der Waals surface area contributed by atoms with Crippen molar-refractivity contribution in [1.82, 2.24) is 15.3 Å². The molecule has 110 valence electrons. The van der Waals surface area contributed by atoms with Gasteiger partial charge in [-0.05, 0) is 26.8 Å². The molecule has 0 aliphatic heterocycles. The number of carbonyl (C=O) groups excluding carboxylic acids is 1. The largest absolute Gasteiger partial charge is 0.491 e. The predicted octanol–water partition coefficient (Wildman–Crippen LogP) is 2.75. The van der Waals surface area contributed by atoms with Gasteiger partial charge in [0, 0.05) is 18.0 Å². The van der Waals surface area contributed by atoms with Crippen molar-refractivity contribution in [2.24, 2.45) is 0 Å². The van der Waals surface area contributed by atoms with Crippen molar-refractivity contribution in [3.05, 3.63) is 54.1 Å². The van der Waals surface area contributed by atoms with Crippen LogP contribution in [-0.2, 0) is 0 Å². The smallest absolute Gasteiger partial charge is 0.271 e. The number of hydrogen-bond acceptors (Lipinski definition) is 4. The minimum atomic E-state index is -0.255. The predicted molar refractivity (Wildman–Crippen MR) is 80.1 cm³/mol. The summed E-state index contributed by atoms with van der Waals surface area (Å²) in [5.41, 5.74) is 1.23. The van der Waals surface area contributed by atoms with E-state index in [0.717, 1.165) is 11.3 Å². The monoisotopic (exact) mass is 285 g/mol. The number of amides is 1. The normalized spacial score (nSPS) is 12.0. The minimum absolute atomic E-state index is 0.0778. The second-order valence-corrected chi connectivity index (χ2v) is 4.99. The molecule has 0 fully saturated rings. The first-order chi connectivity index (χ1) is 10.1. The van der Waals surface area contributed by atoms with Crippen molar-refractivity contribution in [2.75, 3.05) is 0 Å². The van der Waals surface area contributed by atoms with Crippen LogP contribution in [0.25, 0.3) is 0 Å². The third kappa shape index (κ3) is 4.02. The quantitative estimate of drug-likeness (QED) is 0.917. The molecule has 0 aliphatic carbocycles. The van der Waals surface area contributed by atoms with Gasteiger partial charge in [0.05, 0.1) is 18.3 Å². The molecule has 0 unspecified atom stereocenters. The molecule has 2 rings (SSSR count). The molecule has 5 heteroatoms. The lowest BCUT2D eigenvalue weighted by Crippen LogP contribution is -2.28. The van der Waals surface area contributed by atoms with Crippen LogP contribution in [-0.4, -0.2) is 22.0 Å². The number of benzene rings is 1. The van der Waals surface area contributed by atoms with Crippen LogP contribution in [0.1, 0.15) is 42.9 Å². The Morgan fingerprint density at radius 1 is 1.19 bits per heavy atom. The lowest BCUT2D eigenvalue weighted by molar-refractivity contribution is 0.0933. The summed E-state index contributed by atoms with van der Waals surface area (Å²) in [5, 5.41) is 2.90. The van der Waals surface area contributed by atoms with Crippen LogP contribution in [0, 0.1) is 0 Å². The Labute approximate surface area is 124 Å². The maximum absolute atomic E-state index is 12.1. The van der Waals surface area contributed by atoms with Crippen LogP contribution in [0.5, 0.6) is 5.75 Å². The Morgan fingerprint density at radius 3 is 2.62 bits per heavy atom. The van der Waals surface area contributed by atoms with Gasteiger partial charge in [0.1, 0.15) is 11.4 Å². The van der Waals surface area contributed by atoms with Crippen LogP contribution < -0.4 is 10.1 Å². The minimum Gasteiger partial charge on any atom is -0.491 e. The third-order valence-corrected chi connectivity index (χ3v) is 2.89. The summed E-state index contributed by atoms with van der Waals surface area (Å²) in [7, 11) is 0.